The minimum absolute atomic E-state index is 0.282. The highest BCUT2D eigenvalue weighted by Crippen LogP contribution is 2.35. The van der Waals surface area contributed by atoms with Gasteiger partial charge in [0.05, 0.1) is 0 Å². The first-order chi connectivity index (χ1) is 12.9. The van der Waals surface area contributed by atoms with Crippen molar-refractivity contribution in [3.63, 3.8) is 0 Å². The molecule has 1 aliphatic rings. The van der Waals surface area contributed by atoms with Gasteiger partial charge in [-0.25, -0.2) is 4.79 Å². The number of nitrogens with zero attached hydrogens (tertiary/aromatic N) is 1. The lowest BCUT2D eigenvalue weighted by atomic mass is 9.82. The molecule has 2 aromatic rings. The first-order valence-electron chi connectivity index (χ1n) is 8.97. The van der Waals surface area contributed by atoms with Gasteiger partial charge in [0.2, 0.25) is 5.91 Å². The summed E-state index contributed by atoms with van der Waals surface area (Å²) in [7, 11) is 0. The Labute approximate surface area is 158 Å². The van der Waals surface area contributed by atoms with Gasteiger partial charge < -0.3 is 10.6 Å². The standard InChI is InChI=1S/C21H23N3O3/c1-15(2)13-22-18(25)14-24-19(26)21(23-20(24)27,16-9-5-3-6-10-16)17-11-7-4-8-12-17/h3-12,15H,13-14H2,1-2H3,(H,22,25)(H,23,27). The fourth-order valence-corrected chi connectivity index (χ4v) is 3.17. The second-order valence-electron chi connectivity index (χ2n) is 7.00. The van der Waals surface area contributed by atoms with Crippen LogP contribution in [0.4, 0.5) is 4.79 Å². The van der Waals surface area contributed by atoms with Gasteiger partial charge in [-0.2, -0.15) is 0 Å². The third-order valence-corrected chi connectivity index (χ3v) is 4.53. The molecule has 0 atom stereocenters. The lowest BCUT2D eigenvalue weighted by Crippen LogP contribution is -2.46. The van der Waals surface area contributed by atoms with Gasteiger partial charge in [0.1, 0.15) is 6.54 Å². The van der Waals surface area contributed by atoms with E-state index in [9.17, 15) is 14.4 Å². The van der Waals surface area contributed by atoms with Crippen LogP contribution in [0.25, 0.3) is 0 Å². The van der Waals surface area contributed by atoms with Gasteiger partial charge in [-0.1, -0.05) is 74.5 Å². The molecule has 1 aliphatic heterocycles. The Morgan fingerprint density at radius 3 is 2.00 bits per heavy atom. The van der Waals surface area contributed by atoms with Gasteiger partial charge in [0.25, 0.3) is 5.91 Å². The molecule has 140 valence electrons. The summed E-state index contributed by atoms with van der Waals surface area (Å²) in [5, 5.41) is 5.57. The van der Waals surface area contributed by atoms with Crippen LogP contribution < -0.4 is 10.6 Å². The molecule has 1 saturated heterocycles. The minimum atomic E-state index is -1.34. The second kappa shape index (κ2) is 7.61. The number of nitrogens with one attached hydrogen (secondary N) is 2. The zero-order valence-corrected chi connectivity index (χ0v) is 15.4. The fourth-order valence-electron chi connectivity index (χ4n) is 3.17. The van der Waals surface area contributed by atoms with E-state index < -0.39 is 17.5 Å². The van der Waals surface area contributed by atoms with Crippen LogP contribution in [0.5, 0.6) is 0 Å². The van der Waals surface area contributed by atoms with Crippen molar-refractivity contribution in [2.75, 3.05) is 13.1 Å². The number of amides is 4. The molecule has 0 radical (unpaired) electrons. The van der Waals surface area contributed by atoms with E-state index in [0.29, 0.717) is 17.7 Å². The zero-order valence-electron chi connectivity index (χ0n) is 15.4. The Kier molecular flexibility index (Phi) is 5.26. The van der Waals surface area contributed by atoms with Crippen molar-refractivity contribution in [2.45, 2.75) is 19.4 Å². The van der Waals surface area contributed by atoms with Gasteiger partial charge in [-0.05, 0) is 17.0 Å². The summed E-state index contributed by atoms with van der Waals surface area (Å²) in [5.41, 5.74) is -0.0305. The second-order valence-corrected chi connectivity index (χ2v) is 7.00. The summed E-state index contributed by atoms with van der Waals surface area (Å²) in [4.78, 5) is 39.2. The lowest BCUT2D eigenvalue weighted by Gasteiger charge is -2.28. The number of imide groups is 1. The number of carbonyl (C=O) groups excluding carboxylic acids is 3. The molecule has 0 bridgehead atoms. The van der Waals surface area contributed by atoms with Crippen molar-refractivity contribution >= 4 is 17.8 Å². The normalized spacial score (nSPS) is 15.7. The van der Waals surface area contributed by atoms with Crippen LogP contribution in [-0.2, 0) is 15.1 Å². The van der Waals surface area contributed by atoms with Crippen LogP contribution in [0.3, 0.4) is 0 Å². The topological polar surface area (TPSA) is 78.5 Å². The molecule has 27 heavy (non-hydrogen) atoms. The highest BCUT2D eigenvalue weighted by Gasteiger charge is 2.53. The fraction of sp³-hybridized carbons (Fsp3) is 0.286. The van der Waals surface area contributed by atoms with E-state index in [1.807, 2.05) is 50.2 Å². The van der Waals surface area contributed by atoms with E-state index in [0.717, 1.165) is 4.90 Å². The predicted octanol–water partition coefficient (Wildman–Crippen LogP) is 2.25. The maximum Gasteiger partial charge on any atom is 0.326 e. The largest absolute Gasteiger partial charge is 0.354 e. The molecule has 1 fully saturated rings. The highest BCUT2D eigenvalue weighted by atomic mass is 16.2. The molecule has 2 aromatic carbocycles. The van der Waals surface area contributed by atoms with Crippen LogP contribution in [0.1, 0.15) is 25.0 Å². The van der Waals surface area contributed by atoms with E-state index in [2.05, 4.69) is 10.6 Å². The number of hydrogen-bond donors (Lipinski definition) is 2. The van der Waals surface area contributed by atoms with Crippen molar-refractivity contribution < 1.29 is 14.4 Å². The minimum Gasteiger partial charge on any atom is -0.354 e. The highest BCUT2D eigenvalue weighted by molar-refractivity contribution is 6.11. The SMILES string of the molecule is CC(C)CNC(=O)CN1C(=O)NC(c2ccccc2)(c2ccccc2)C1=O. The van der Waals surface area contributed by atoms with Gasteiger partial charge in [0, 0.05) is 6.54 Å². The molecule has 6 nitrogen and oxygen atoms in total. The van der Waals surface area contributed by atoms with Crippen LogP contribution >= 0.6 is 0 Å². The molecule has 0 unspecified atom stereocenters. The van der Waals surface area contributed by atoms with Crippen molar-refractivity contribution in [3.8, 4) is 0 Å². The molecule has 1 heterocycles. The van der Waals surface area contributed by atoms with E-state index in [4.69, 9.17) is 0 Å². The summed E-state index contributed by atoms with van der Waals surface area (Å²) in [6, 6.07) is 17.6. The molecular formula is C21H23N3O3. The third-order valence-electron chi connectivity index (χ3n) is 4.53. The maximum atomic E-state index is 13.4. The first kappa shape index (κ1) is 18.6. The Bertz CT molecular complexity index is 795. The number of hydrogen-bond acceptors (Lipinski definition) is 3. The van der Waals surface area contributed by atoms with E-state index >= 15 is 0 Å². The lowest BCUT2D eigenvalue weighted by molar-refractivity contribution is -0.134. The molecular weight excluding hydrogens is 342 g/mol. The average Bonchev–Trinajstić information content (AvgIpc) is 2.93. The predicted molar refractivity (Wildman–Crippen MR) is 102 cm³/mol. The number of rotatable bonds is 6. The summed E-state index contributed by atoms with van der Waals surface area (Å²) in [5.74, 6) is -0.529. The molecule has 6 heteroatoms. The summed E-state index contributed by atoms with van der Waals surface area (Å²) in [6.07, 6.45) is 0. The average molecular weight is 365 g/mol. The Morgan fingerprint density at radius 2 is 1.52 bits per heavy atom. The molecule has 2 N–H and O–H groups in total. The van der Waals surface area contributed by atoms with Crippen molar-refractivity contribution in [1.82, 2.24) is 15.5 Å². The molecule has 0 saturated carbocycles. The van der Waals surface area contributed by atoms with Crippen molar-refractivity contribution in [3.05, 3.63) is 71.8 Å². The smallest absolute Gasteiger partial charge is 0.326 e. The van der Waals surface area contributed by atoms with Crippen LogP contribution in [0, 0.1) is 5.92 Å². The molecule has 0 aromatic heterocycles. The number of urea groups is 1. The van der Waals surface area contributed by atoms with E-state index in [1.54, 1.807) is 24.3 Å². The van der Waals surface area contributed by atoms with Gasteiger partial charge in [-0.15, -0.1) is 0 Å². The summed E-state index contributed by atoms with van der Waals surface area (Å²) < 4.78 is 0. The number of benzene rings is 2. The molecule has 0 spiro atoms. The third kappa shape index (κ3) is 3.56. The van der Waals surface area contributed by atoms with E-state index in [-0.39, 0.29) is 18.4 Å². The van der Waals surface area contributed by atoms with Crippen LogP contribution in [-0.4, -0.2) is 35.8 Å². The maximum absolute atomic E-state index is 13.4. The van der Waals surface area contributed by atoms with Crippen molar-refractivity contribution in [2.24, 2.45) is 5.92 Å². The Hall–Kier alpha value is -3.15. The van der Waals surface area contributed by atoms with Crippen LogP contribution in [0.15, 0.2) is 60.7 Å². The van der Waals surface area contributed by atoms with Gasteiger partial charge >= 0.3 is 6.03 Å². The monoisotopic (exact) mass is 365 g/mol. The summed E-state index contributed by atoms with van der Waals surface area (Å²) in [6.45, 7) is 4.14. The zero-order chi connectivity index (χ0) is 19.4. The van der Waals surface area contributed by atoms with E-state index in [1.165, 1.54) is 0 Å². The Balaban J connectivity index is 1.95. The molecule has 3 rings (SSSR count). The first-order valence-corrected chi connectivity index (χ1v) is 8.97. The summed E-state index contributed by atoms with van der Waals surface area (Å²) >= 11 is 0. The quantitative estimate of drug-likeness (QED) is 0.771. The molecule has 4 amide bonds. The number of carbonyl (C=O) groups is 3. The van der Waals surface area contributed by atoms with Crippen LogP contribution in [0.2, 0.25) is 0 Å². The molecule has 0 aliphatic carbocycles. The Morgan fingerprint density at radius 1 is 1.00 bits per heavy atom. The van der Waals surface area contributed by atoms with Gasteiger partial charge in [0.15, 0.2) is 5.54 Å². The van der Waals surface area contributed by atoms with Crippen molar-refractivity contribution in [1.29, 1.82) is 0 Å². The van der Waals surface area contributed by atoms with Gasteiger partial charge in [-0.3, -0.25) is 14.5 Å².